The summed E-state index contributed by atoms with van der Waals surface area (Å²) < 4.78 is 5.23. The smallest absolute Gasteiger partial charge is 0.306 e. The van der Waals surface area contributed by atoms with E-state index >= 15 is 0 Å². The maximum absolute atomic E-state index is 11.7. The van der Waals surface area contributed by atoms with Gasteiger partial charge in [0.25, 0.3) is 0 Å². The molecule has 134 valence electrons. The predicted molar refractivity (Wildman–Crippen MR) is 96.4 cm³/mol. The van der Waals surface area contributed by atoms with Crippen LogP contribution in [0.15, 0.2) is 11.6 Å². The summed E-state index contributed by atoms with van der Waals surface area (Å²) in [5.41, 5.74) is 1.35. The summed E-state index contributed by atoms with van der Waals surface area (Å²) in [6.07, 6.45) is 10.9. The molecule has 0 spiro atoms. The number of Topliss-reactive ketones (excluding diaryl/α,β-unsaturated/α-hetero) is 1. The van der Waals surface area contributed by atoms with E-state index in [9.17, 15) is 9.59 Å². The van der Waals surface area contributed by atoms with Crippen molar-refractivity contribution in [2.45, 2.75) is 91.9 Å². The SMILES string of the molecule is CCCCCCC(=O)CCC(=O)OCCC(C)CCC=C(C)C. The number of rotatable bonds is 14. The number of carbonyl (C=O) groups excluding carboxylic acids is 2. The van der Waals surface area contributed by atoms with Gasteiger partial charge in [0.15, 0.2) is 0 Å². The van der Waals surface area contributed by atoms with Crippen LogP contribution in [0.4, 0.5) is 0 Å². The summed E-state index contributed by atoms with van der Waals surface area (Å²) in [6, 6.07) is 0. The fraction of sp³-hybridized carbons (Fsp3) is 0.800. The van der Waals surface area contributed by atoms with Gasteiger partial charge in [-0.2, -0.15) is 0 Å². The van der Waals surface area contributed by atoms with Gasteiger partial charge < -0.3 is 4.74 Å². The van der Waals surface area contributed by atoms with E-state index in [1.807, 2.05) is 0 Å². The quantitative estimate of drug-likeness (QED) is 0.236. The van der Waals surface area contributed by atoms with Crippen molar-refractivity contribution in [2.24, 2.45) is 5.92 Å². The maximum atomic E-state index is 11.7. The van der Waals surface area contributed by atoms with E-state index in [2.05, 4.69) is 33.8 Å². The Balaban J connectivity index is 3.59. The molecular formula is C20H36O3. The van der Waals surface area contributed by atoms with Crippen LogP contribution < -0.4 is 0 Å². The fourth-order valence-electron chi connectivity index (χ4n) is 2.36. The highest BCUT2D eigenvalue weighted by atomic mass is 16.5. The third-order valence-electron chi connectivity index (χ3n) is 4.00. The minimum atomic E-state index is -0.233. The fourth-order valence-corrected chi connectivity index (χ4v) is 2.36. The van der Waals surface area contributed by atoms with Crippen LogP contribution in [0.3, 0.4) is 0 Å². The van der Waals surface area contributed by atoms with E-state index in [1.165, 1.54) is 18.4 Å². The summed E-state index contributed by atoms with van der Waals surface area (Å²) in [5, 5.41) is 0. The summed E-state index contributed by atoms with van der Waals surface area (Å²) in [7, 11) is 0. The van der Waals surface area contributed by atoms with Gasteiger partial charge in [0.1, 0.15) is 5.78 Å². The lowest BCUT2D eigenvalue weighted by molar-refractivity contribution is -0.145. The van der Waals surface area contributed by atoms with Gasteiger partial charge in [-0.3, -0.25) is 9.59 Å². The monoisotopic (exact) mass is 324 g/mol. The highest BCUT2D eigenvalue weighted by molar-refractivity contribution is 5.82. The van der Waals surface area contributed by atoms with Crippen molar-refractivity contribution >= 4 is 11.8 Å². The van der Waals surface area contributed by atoms with Crippen molar-refractivity contribution < 1.29 is 14.3 Å². The second-order valence-electron chi connectivity index (χ2n) is 6.82. The lowest BCUT2D eigenvalue weighted by Crippen LogP contribution is -2.10. The third-order valence-corrected chi connectivity index (χ3v) is 4.00. The zero-order chi connectivity index (χ0) is 17.5. The Morgan fingerprint density at radius 3 is 2.39 bits per heavy atom. The molecule has 3 heteroatoms. The molecule has 0 amide bonds. The van der Waals surface area contributed by atoms with E-state index in [0.717, 1.165) is 32.1 Å². The molecule has 0 aliphatic carbocycles. The second kappa shape index (κ2) is 14.5. The summed E-state index contributed by atoms with van der Waals surface area (Å²) in [5.74, 6) is 0.509. The van der Waals surface area contributed by atoms with E-state index in [-0.39, 0.29) is 18.2 Å². The average molecular weight is 325 g/mol. The molecule has 0 radical (unpaired) electrons. The molecule has 0 aliphatic rings. The topological polar surface area (TPSA) is 43.4 Å². The van der Waals surface area contributed by atoms with Gasteiger partial charge in [0.2, 0.25) is 0 Å². The molecule has 0 bridgehead atoms. The largest absolute Gasteiger partial charge is 0.466 e. The molecule has 0 N–H and O–H groups in total. The first kappa shape index (κ1) is 21.9. The van der Waals surface area contributed by atoms with Crippen LogP contribution in [-0.2, 0) is 14.3 Å². The van der Waals surface area contributed by atoms with Gasteiger partial charge in [-0.15, -0.1) is 0 Å². The molecule has 0 saturated carbocycles. The Kier molecular flexibility index (Phi) is 13.8. The Morgan fingerprint density at radius 2 is 1.74 bits per heavy atom. The van der Waals surface area contributed by atoms with Crippen LogP contribution in [0, 0.1) is 5.92 Å². The summed E-state index contributed by atoms with van der Waals surface area (Å²) in [6.45, 7) is 9.03. The Morgan fingerprint density at radius 1 is 1.00 bits per heavy atom. The van der Waals surface area contributed by atoms with Gasteiger partial charge >= 0.3 is 5.97 Å². The second-order valence-corrected chi connectivity index (χ2v) is 6.82. The summed E-state index contributed by atoms with van der Waals surface area (Å²) >= 11 is 0. The minimum Gasteiger partial charge on any atom is -0.466 e. The molecule has 0 fully saturated rings. The molecule has 1 atom stereocenters. The standard InChI is InChI=1S/C20H36O3/c1-5-6-7-8-12-19(21)13-14-20(22)23-16-15-18(4)11-9-10-17(2)3/h10,18H,5-9,11-16H2,1-4H3. The lowest BCUT2D eigenvalue weighted by Gasteiger charge is -2.10. The first-order chi connectivity index (χ1) is 11.0. The molecule has 0 aromatic carbocycles. The van der Waals surface area contributed by atoms with Gasteiger partial charge in [0, 0.05) is 12.8 Å². The number of allylic oxidation sites excluding steroid dienone is 2. The van der Waals surface area contributed by atoms with Gasteiger partial charge in [0.05, 0.1) is 13.0 Å². The first-order valence-electron chi connectivity index (χ1n) is 9.26. The molecule has 3 nitrogen and oxygen atoms in total. The lowest BCUT2D eigenvalue weighted by atomic mass is 10.0. The van der Waals surface area contributed by atoms with Crippen molar-refractivity contribution in [3.05, 3.63) is 11.6 Å². The number of ether oxygens (including phenoxy) is 1. The minimum absolute atomic E-state index is 0.188. The Hall–Kier alpha value is -1.12. The number of hydrogen-bond donors (Lipinski definition) is 0. The van der Waals surface area contributed by atoms with E-state index in [4.69, 9.17) is 4.74 Å². The van der Waals surface area contributed by atoms with Crippen LogP contribution in [0.2, 0.25) is 0 Å². The van der Waals surface area contributed by atoms with E-state index in [1.54, 1.807) is 0 Å². The molecule has 0 aliphatic heterocycles. The van der Waals surface area contributed by atoms with Crippen LogP contribution in [-0.4, -0.2) is 18.4 Å². The highest BCUT2D eigenvalue weighted by Crippen LogP contribution is 2.12. The predicted octanol–water partition coefficient (Wildman–Crippen LogP) is 5.62. The zero-order valence-corrected chi connectivity index (χ0v) is 15.7. The van der Waals surface area contributed by atoms with Gasteiger partial charge in [-0.25, -0.2) is 0 Å². The molecule has 0 heterocycles. The molecule has 1 unspecified atom stereocenters. The van der Waals surface area contributed by atoms with Crippen molar-refractivity contribution in [3.63, 3.8) is 0 Å². The Labute approximate surface area is 142 Å². The molecule has 0 aromatic heterocycles. The number of esters is 1. The van der Waals surface area contributed by atoms with Crippen LogP contribution in [0.25, 0.3) is 0 Å². The Bertz CT molecular complexity index is 354. The average Bonchev–Trinajstić information content (AvgIpc) is 2.49. The summed E-state index contributed by atoms with van der Waals surface area (Å²) in [4.78, 5) is 23.3. The molecule has 0 aromatic rings. The highest BCUT2D eigenvalue weighted by Gasteiger charge is 2.09. The van der Waals surface area contributed by atoms with Gasteiger partial charge in [-0.1, -0.05) is 44.8 Å². The number of unbranched alkanes of at least 4 members (excludes halogenated alkanes) is 3. The van der Waals surface area contributed by atoms with Crippen molar-refractivity contribution in [1.29, 1.82) is 0 Å². The molecular weight excluding hydrogens is 288 g/mol. The number of carbonyl (C=O) groups is 2. The first-order valence-corrected chi connectivity index (χ1v) is 9.26. The zero-order valence-electron chi connectivity index (χ0n) is 15.7. The molecule has 0 rings (SSSR count). The van der Waals surface area contributed by atoms with Gasteiger partial charge in [-0.05, 0) is 45.4 Å². The van der Waals surface area contributed by atoms with Crippen LogP contribution >= 0.6 is 0 Å². The van der Waals surface area contributed by atoms with E-state index in [0.29, 0.717) is 25.4 Å². The maximum Gasteiger partial charge on any atom is 0.306 e. The third kappa shape index (κ3) is 15.5. The van der Waals surface area contributed by atoms with Crippen LogP contribution in [0.1, 0.15) is 91.9 Å². The number of hydrogen-bond acceptors (Lipinski definition) is 3. The van der Waals surface area contributed by atoms with Crippen molar-refractivity contribution in [1.82, 2.24) is 0 Å². The number of ketones is 1. The van der Waals surface area contributed by atoms with Crippen LogP contribution in [0.5, 0.6) is 0 Å². The normalized spacial score (nSPS) is 11.8. The van der Waals surface area contributed by atoms with Crippen molar-refractivity contribution in [2.75, 3.05) is 6.61 Å². The van der Waals surface area contributed by atoms with E-state index < -0.39 is 0 Å². The van der Waals surface area contributed by atoms with Crippen molar-refractivity contribution in [3.8, 4) is 0 Å². The molecule has 23 heavy (non-hydrogen) atoms. The molecule has 0 saturated heterocycles.